The first-order valence-electron chi connectivity index (χ1n) is 9.58. The number of aryl methyl sites for hydroxylation is 1. The van der Waals surface area contributed by atoms with Crippen LogP contribution in [0.1, 0.15) is 15.4 Å². The van der Waals surface area contributed by atoms with E-state index in [1.54, 1.807) is 38.3 Å². The van der Waals surface area contributed by atoms with Crippen molar-refractivity contribution in [1.82, 2.24) is 29.5 Å². The van der Waals surface area contributed by atoms with Gasteiger partial charge in [-0.1, -0.05) is 18.2 Å². The Hall–Kier alpha value is -4.25. The van der Waals surface area contributed by atoms with E-state index in [4.69, 9.17) is 4.74 Å². The van der Waals surface area contributed by atoms with Gasteiger partial charge in [0.05, 0.1) is 23.9 Å². The molecule has 4 aromatic heterocycles. The highest BCUT2D eigenvalue weighted by Gasteiger charge is 2.18. The zero-order valence-electron chi connectivity index (χ0n) is 17.1. The van der Waals surface area contributed by atoms with Gasteiger partial charge in [0.25, 0.3) is 11.5 Å². The van der Waals surface area contributed by atoms with Crippen molar-refractivity contribution in [2.24, 2.45) is 0 Å². The van der Waals surface area contributed by atoms with Gasteiger partial charge < -0.3 is 10.1 Å². The van der Waals surface area contributed by atoms with Crippen LogP contribution in [0.25, 0.3) is 22.7 Å². The molecule has 0 aliphatic rings. The minimum absolute atomic E-state index is 0.147. The third-order valence-electron chi connectivity index (χ3n) is 4.76. The molecule has 0 saturated carbocycles. The lowest BCUT2D eigenvalue weighted by Crippen LogP contribution is -2.18. The maximum Gasteiger partial charge on any atom is 0.266 e. The van der Waals surface area contributed by atoms with Crippen molar-refractivity contribution in [3.63, 3.8) is 0 Å². The molecule has 0 spiro atoms. The Labute approximate surface area is 185 Å². The number of hydrogen-bond donors (Lipinski definition) is 2. The van der Waals surface area contributed by atoms with Crippen molar-refractivity contribution in [1.29, 1.82) is 0 Å². The van der Waals surface area contributed by atoms with Crippen LogP contribution in [0.2, 0.25) is 0 Å². The average Bonchev–Trinajstić information content (AvgIpc) is 3.53. The van der Waals surface area contributed by atoms with E-state index in [9.17, 15) is 9.59 Å². The van der Waals surface area contributed by atoms with E-state index in [1.807, 2.05) is 23.6 Å². The van der Waals surface area contributed by atoms with E-state index in [-0.39, 0.29) is 17.4 Å². The minimum atomic E-state index is -0.380. The van der Waals surface area contributed by atoms with Crippen molar-refractivity contribution < 1.29 is 9.53 Å². The van der Waals surface area contributed by atoms with E-state index in [1.165, 1.54) is 26.9 Å². The summed E-state index contributed by atoms with van der Waals surface area (Å²) in [5, 5.41) is 13.7. The molecule has 0 saturated heterocycles. The van der Waals surface area contributed by atoms with Gasteiger partial charge in [-0.25, -0.2) is 4.68 Å². The number of para-hydroxylation sites is 2. The molecule has 0 atom stereocenters. The highest BCUT2D eigenvalue weighted by Crippen LogP contribution is 2.24. The van der Waals surface area contributed by atoms with Crippen LogP contribution in [0.5, 0.6) is 5.75 Å². The predicted molar refractivity (Wildman–Crippen MR) is 120 cm³/mol. The van der Waals surface area contributed by atoms with Crippen LogP contribution >= 0.6 is 11.3 Å². The van der Waals surface area contributed by atoms with Crippen LogP contribution < -0.4 is 15.6 Å². The van der Waals surface area contributed by atoms with Gasteiger partial charge in [-0.05, 0) is 30.5 Å². The number of methoxy groups -OCH3 is 1. The fourth-order valence-corrected chi connectivity index (χ4v) is 3.94. The number of aromatic amines is 1. The molecular formula is C21H17N7O3S. The molecule has 0 aliphatic heterocycles. The number of H-pyrrole nitrogens is 1. The van der Waals surface area contributed by atoms with Gasteiger partial charge in [-0.15, -0.1) is 11.3 Å². The average molecular weight is 447 g/mol. The smallest absolute Gasteiger partial charge is 0.266 e. The summed E-state index contributed by atoms with van der Waals surface area (Å²) >= 11 is 1.33. The Morgan fingerprint density at radius 3 is 2.81 bits per heavy atom. The van der Waals surface area contributed by atoms with Gasteiger partial charge in [0.2, 0.25) is 5.95 Å². The Balaban J connectivity index is 1.63. The van der Waals surface area contributed by atoms with Crippen molar-refractivity contribution in [3.8, 4) is 17.4 Å². The standard InChI is InChI=1S/C21H17N7O3S/c1-12-10-17(23-20(30)16-8-5-9-32-16)28(26-12)21-24-18-13(19(29)25-21)11-22-27(18)14-6-3-4-7-15(14)31-2/h3-11H,1-2H3,(H,23,30)(H,24,25,29). The van der Waals surface area contributed by atoms with Gasteiger partial charge in [-0.2, -0.15) is 19.9 Å². The molecule has 0 unspecified atom stereocenters. The Morgan fingerprint density at radius 2 is 2.03 bits per heavy atom. The van der Waals surface area contributed by atoms with Crippen molar-refractivity contribution in [2.45, 2.75) is 6.92 Å². The van der Waals surface area contributed by atoms with E-state index in [0.717, 1.165) is 0 Å². The molecule has 1 aromatic carbocycles. The van der Waals surface area contributed by atoms with Crippen LogP contribution in [0.4, 0.5) is 5.82 Å². The molecule has 1 amide bonds. The molecule has 0 radical (unpaired) electrons. The van der Waals surface area contributed by atoms with E-state index in [2.05, 4.69) is 25.5 Å². The number of thiophene rings is 1. The third-order valence-corrected chi connectivity index (χ3v) is 5.63. The molecule has 10 nitrogen and oxygen atoms in total. The fourth-order valence-electron chi connectivity index (χ4n) is 3.32. The topological polar surface area (TPSA) is 120 Å². The van der Waals surface area contributed by atoms with Crippen LogP contribution in [0.15, 0.2) is 58.8 Å². The summed E-state index contributed by atoms with van der Waals surface area (Å²) in [6.07, 6.45) is 1.45. The van der Waals surface area contributed by atoms with Gasteiger partial charge in [0.15, 0.2) is 5.65 Å². The summed E-state index contributed by atoms with van der Waals surface area (Å²) in [5.41, 5.74) is 1.23. The summed E-state index contributed by atoms with van der Waals surface area (Å²) in [6.45, 7) is 1.78. The predicted octanol–water partition coefficient (Wildman–Crippen LogP) is 2.93. The quantitative estimate of drug-likeness (QED) is 0.428. The zero-order valence-corrected chi connectivity index (χ0v) is 17.9. The molecular weight excluding hydrogens is 430 g/mol. The second kappa shape index (κ2) is 7.78. The highest BCUT2D eigenvalue weighted by molar-refractivity contribution is 7.12. The summed E-state index contributed by atoms with van der Waals surface area (Å²) in [5.74, 6) is 0.837. The summed E-state index contributed by atoms with van der Waals surface area (Å²) in [4.78, 5) is 33.2. The number of aromatic nitrogens is 6. The number of nitrogens with zero attached hydrogens (tertiary/aromatic N) is 5. The van der Waals surface area contributed by atoms with Gasteiger partial charge >= 0.3 is 0 Å². The molecule has 0 bridgehead atoms. The number of benzene rings is 1. The molecule has 160 valence electrons. The fraction of sp³-hybridized carbons (Fsp3) is 0.0952. The normalized spacial score (nSPS) is 11.1. The van der Waals surface area contributed by atoms with Crippen molar-refractivity contribution in [2.75, 3.05) is 12.4 Å². The number of rotatable bonds is 5. The molecule has 5 aromatic rings. The number of hydrogen-bond acceptors (Lipinski definition) is 7. The number of ether oxygens (including phenoxy) is 1. The molecule has 2 N–H and O–H groups in total. The monoisotopic (exact) mass is 447 g/mol. The molecule has 11 heteroatoms. The van der Waals surface area contributed by atoms with Crippen molar-refractivity contribution >= 4 is 34.1 Å². The number of anilines is 1. The first-order chi connectivity index (χ1) is 15.5. The van der Waals surface area contributed by atoms with Crippen LogP contribution in [-0.2, 0) is 0 Å². The summed E-state index contributed by atoms with van der Waals surface area (Å²) in [7, 11) is 1.56. The highest BCUT2D eigenvalue weighted by atomic mass is 32.1. The maximum absolute atomic E-state index is 12.8. The minimum Gasteiger partial charge on any atom is -0.494 e. The van der Waals surface area contributed by atoms with Crippen molar-refractivity contribution in [3.05, 3.63) is 75.0 Å². The SMILES string of the molecule is COc1ccccc1-n1ncc2c(=O)[nH]c(-n3nc(C)cc3NC(=O)c3cccs3)nc21. The van der Waals surface area contributed by atoms with Crippen LogP contribution in [-0.4, -0.2) is 42.5 Å². The number of carbonyl (C=O) groups is 1. The molecule has 5 rings (SSSR count). The zero-order chi connectivity index (χ0) is 22.2. The molecule has 0 fully saturated rings. The first kappa shape index (κ1) is 19.7. The second-order valence-corrected chi connectivity index (χ2v) is 7.82. The first-order valence-corrected chi connectivity index (χ1v) is 10.5. The Morgan fingerprint density at radius 1 is 1.19 bits per heavy atom. The number of nitrogens with one attached hydrogen (secondary N) is 2. The van der Waals surface area contributed by atoms with Gasteiger partial charge in [-0.3, -0.25) is 14.6 Å². The Bertz CT molecular complexity index is 1500. The maximum atomic E-state index is 12.8. The lowest BCUT2D eigenvalue weighted by molar-refractivity contribution is 0.103. The summed E-state index contributed by atoms with van der Waals surface area (Å²) < 4.78 is 8.35. The lowest BCUT2D eigenvalue weighted by Gasteiger charge is -2.10. The third kappa shape index (κ3) is 3.34. The molecule has 32 heavy (non-hydrogen) atoms. The van der Waals surface area contributed by atoms with Gasteiger partial charge in [0.1, 0.15) is 22.6 Å². The van der Waals surface area contributed by atoms with E-state index >= 15 is 0 Å². The number of fused-ring (bicyclic) bond motifs is 1. The largest absolute Gasteiger partial charge is 0.494 e. The number of carbonyl (C=O) groups excluding carboxylic acids is 1. The van der Waals surface area contributed by atoms with Gasteiger partial charge in [0, 0.05) is 6.07 Å². The lowest BCUT2D eigenvalue weighted by atomic mass is 10.3. The summed E-state index contributed by atoms with van der Waals surface area (Å²) in [6, 6.07) is 12.5. The second-order valence-electron chi connectivity index (χ2n) is 6.87. The van der Waals surface area contributed by atoms with Crippen LogP contribution in [0, 0.1) is 6.92 Å². The molecule has 0 aliphatic carbocycles. The van der Waals surface area contributed by atoms with E-state index in [0.29, 0.717) is 38.9 Å². The Kier molecular flexibility index (Phi) is 4.79. The van der Waals surface area contributed by atoms with Crippen LogP contribution in [0.3, 0.4) is 0 Å². The van der Waals surface area contributed by atoms with E-state index < -0.39 is 0 Å². The molecule has 4 heterocycles. The number of amides is 1.